The third-order valence-corrected chi connectivity index (χ3v) is 11.9. The smallest absolute Gasteiger partial charge is 0.348 e. The van der Waals surface area contributed by atoms with Crippen LogP contribution in [0.15, 0.2) is 84.9 Å². The van der Waals surface area contributed by atoms with Crippen molar-refractivity contribution in [3.05, 3.63) is 102 Å². The van der Waals surface area contributed by atoms with Crippen molar-refractivity contribution in [2.24, 2.45) is 5.92 Å². The fraction of sp³-hybridized carbons (Fsp3) is 0.436. The van der Waals surface area contributed by atoms with Gasteiger partial charge >= 0.3 is 11.9 Å². The van der Waals surface area contributed by atoms with Gasteiger partial charge in [0.1, 0.15) is 5.75 Å². The zero-order chi connectivity index (χ0) is 39.6. The second-order valence-electron chi connectivity index (χ2n) is 13.3. The maximum absolute atomic E-state index is 12.6. The number of carboxylic acid groups (broad SMARTS) is 2. The number of hydrogen-bond donors (Lipinski definition) is 4. The van der Waals surface area contributed by atoms with Crippen molar-refractivity contribution in [1.29, 1.82) is 0 Å². The quantitative estimate of drug-likeness (QED) is 0.122. The molecule has 0 amide bonds. The molecule has 0 aliphatic carbocycles. The molecule has 1 aliphatic heterocycles. The maximum Gasteiger partial charge on any atom is 0.348 e. The van der Waals surface area contributed by atoms with Crippen LogP contribution in [-0.2, 0) is 26.0 Å². The summed E-state index contributed by atoms with van der Waals surface area (Å²) in [6.45, 7) is 11.4. The summed E-state index contributed by atoms with van der Waals surface area (Å²) in [6.07, 6.45) is 2.92. The summed E-state index contributed by atoms with van der Waals surface area (Å²) in [5.41, 5.74) is -7.37. The first-order valence-corrected chi connectivity index (χ1v) is 18.9. The van der Waals surface area contributed by atoms with E-state index in [1.165, 1.54) is 42.0 Å². The normalized spacial score (nSPS) is 16.8. The lowest BCUT2D eigenvalue weighted by atomic mass is 9.73. The molecule has 1 fully saturated rings. The number of likely N-dealkylation sites (N-methyl/N-ethyl adjacent to an activating group) is 1. The molecule has 288 valence electrons. The Morgan fingerprint density at radius 3 is 1.58 bits per heavy atom. The first-order valence-electron chi connectivity index (χ1n) is 17.4. The Morgan fingerprint density at radius 2 is 1.23 bits per heavy atom. The van der Waals surface area contributed by atoms with Crippen LogP contribution in [0.5, 0.6) is 5.75 Å². The number of aliphatic carboxylic acids is 2. The number of benzene rings is 3. The van der Waals surface area contributed by atoms with Crippen LogP contribution in [0.3, 0.4) is 0 Å². The maximum atomic E-state index is 12.6. The summed E-state index contributed by atoms with van der Waals surface area (Å²) in [4.78, 5) is 51.1. The molecule has 1 heterocycles. The number of sulfonamides is 1. The van der Waals surface area contributed by atoms with Crippen LogP contribution in [0.2, 0.25) is 0 Å². The second-order valence-corrected chi connectivity index (χ2v) is 15.8. The lowest BCUT2D eigenvalue weighted by Gasteiger charge is -2.36. The Bertz CT molecular complexity index is 1720. The van der Waals surface area contributed by atoms with Crippen molar-refractivity contribution < 1.29 is 52.8 Å². The van der Waals surface area contributed by atoms with Crippen LogP contribution in [0.25, 0.3) is 0 Å². The van der Waals surface area contributed by atoms with E-state index in [2.05, 4.69) is 30.9 Å². The van der Waals surface area contributed by atoms with Gasteiger partial charge in [0.2, 0.25) is 21.6 Å². The molecule has 0 radical (unpaired) electrons. The molecule has 3 unspecified atom stereocenters. The van der Waals surface area contributed by atoms with Gasteiger partial charge in [-0.1, -0.05) is 79.7 Å². The lowest BCUT2D eigenvalue weighted by Crippen LogP contribution is -2.71. The van der Waals surface area contributed by atoms with E-state index in [1.54, 1.807) is 25.3 Å². The average molecular weight is 755 g/mol. The number of nitrogens with zero attached hydrogens (tertiary/aromatic N) is 2. The SMILES string of the molecule is CCN(CC1CCN(S(=O)(=O)C(C)C)CC1)C(C)Cc1ccc(OC)cc1.O=C(O)C(O)(C(=O)c1ccccc1)C(O)(C(=O)O)C(=O)c1ccccc1. The average Bonchev–Trinajstić information content (AvgIpc) is 3.16. The van der Waals surface area contributed by atoms with E-state index in [1.807, 2.05) is 12.1 Å². The number of carbonyl (C=O) groups is 4. The number of piperidine rings is 1. The summed E-state index contributed by atoms with van der Waals surface area (Å²) in [5.74, 6) is -6.57. The molecule has 3 aromatic rings. The summed E-state index contributed by atoms with van der Waals surface area (Å²) in [6, 6.07) is 21.6. The van der Waals surface area contributed by atoms with Crippen LogP contribution in [-0.4, -0.2) is 117 Å². The molecule has 0 bridgehead atoms. The van der Waals surface area contributed by atoms with Crippen molar-refractivity contribution >= 4 is 33.5 Å². The number of ketones is 2. The van der Waals surface area contributed by atoms with Crippen molar-refractivity contribution in [3.63, 3.8) is 0 Å². The van der Waals surface area contributed by atoms with E-state index >= 15 is 0 Å². The minimum atomic E-state index is -3.95. The third-order valence-electron chi connectivity index (χ3n) is 9.61. The number of Topliss-reactive ketones (excluding diaryl/α,β-unsaturated/α-hetero) is 2. The number of rotatable bonds is 16. The highest BCUT2D eigenvalue weighted by Crippen LogP contribution is 2.32. The summed E-state index contributed by atoms with van der Waals surface area (Å²) < 4.78 is 31.6. The molecule has 0 spiro atoms. The molecule has 0 saturated carbocycles. The van der Waals surface area contributed by atoms with Crippen molar-refractivity contribution in [1.82, 2.24) is 9.21 Å². The third kappa shape index (κ3) is 9.75. The highest BCUT2D eigenvalue weighted by Gasteiger charge is 2.69. The minimum absolute atomic E-state index is 0.328. The highest BCUT2D eigenvalue weighted by molar-refractivity contribution is 7.89. The Balaban J connectivity index is 0.000000286. The van der Waals surface area contributed by atoms with Gasteiger partial charge in [0.05, 0.1) is 12.4 Å². The number of hydrogen-bond acceptors (Lipinski definition) is 10. The highest BCUT2D eigenvalue weighted by atomic mass is 32.2. The molecule has 3 aromatic carbocycles. The minimum Gasteiger partial charge on any atom is -0.497 e. The van der Waals surface area contributed by atoms with Gasteiger partial charge < -0.3 is 30.1 Å². The van der Waals surface area contributed by atoms with Crippen molar-refractivity contribution in [3.8, 4) is 5.75 Å². The van der Waals surface area contributed by atoms with Crippen molar-refractivity contribution in [2.75, 3.05) is 33.3 Å². The topological polar surface area (TPSA) is 199 Å². The summed E-state index contributed by atoms with van der Waals surface area (Å²) in [7, 11) is -1.42. The van der Waals surface area contributed by atoms with E-state index in [0.29, 0.717) is 25.0 Å². The summed E-state index contributed by atoms with van der Waals surface area (Å²) >= 11 is 0. The largest absolute Gasteiger partial charge is 0.497 e. The van der Waals surface area contributed by atoms with Gasteiger partial charge in [-0.05, 0) is 70.2 Å². The second kappa shape index (κ2) is 18.5. The fourth-order valence-electron chi connectivity index (χ4n) is 6.26. The van der Waals surface area contributed by atoms with Gasteiger partial charge in [0.25, 0.3) is 11.2 Å². The van der Waals surface area contributed by atoms with Gasteiger partial charge in [0, 0.05) is 36.8 Å². The Morgan fingerprint density at radius 1 is 0.792 bits per heavy atom. The molecule has 1 aliphatic rings. The number of methoxy groups -OCH3 is 1. The van der Waals surface area contributed by atoms with E-state index in [4.69, 9.17) is 4.74 Å². The van der Waals surface area contributed by atoms with Gasteiger partial charge in [-0.15, -0.1) is 0 Å². The van der Waals surface area contributed by atoms with Gasteiger partial charge in [0.15, 0.2) is 0 Å². The molecule has 14 heteroatoms. The molecular weight excluding hydrogens is 704 g/mol. The molecule has 13 nitrogen and oxygen atoms in total. The van der Waals surface area contributed by atoms with E-state index in [0.717, 1.165) is 62.4 Å². The number of carboxylic acids is 2. The zero-order valence-corrected chi connectivity index (χ0v) is 31.5. The predicted molar refractivity (Wildman–Crippen MR) is 198 cm³/mol. The summed E-state index contributed by atoms with van der Waals surface area (Å²) in [5, 5.41) is 39.5. The van der Waals surface area contributed by atoms with Crippen LogP contribution >= 0.6 is 0 Å². The molecule has 1 saturated heterocycles. The first kappa shape index (κ1) is 42.9. The molecule has 0 aromatic heterocycles. The predicted octanol–water partition coefficient (Wildman–Crippen LogP) is 3.78. The van der Waals surface area contributed by atoms with Crippen molar-refractivity contribution in [2.45, 2.75) is 69.5 Å². The standard InChI is InChI=1S/C21H36N2O3S.C18H14O8/c1-6-22(18(4)15-19-7-9-21(26-5)10-8-19)16-20-11-13-23(14-12-20)27(24,25)17(2)3;19-13(11-7-3-1-4-8-11)17(25,15(21)22)18(26,16(23)24)14(20)12-9-5-2-6-10-12/h7-10,17-18,20H,6,11-16H2,1-5H3;1-10,25-26H,(H,21,22)(H,23,24). The molecule has 4 N–H and O–H groups in total. The Labute approximate surface area is 310 Å². The fourth-order valence-corrected chi connectivity index (χ4v) is 7.57. The van der Waals surface area contributed by atoms with Crippen LogP contribution in [0.4, 0.5) is 0 Å². The zero-order valence-electron chi connectivity index (χ0n) is 30.7. The monoisotopic (exact) mass is 754 g/mol. The Hall–Kier alpha value is -4.47. The lowest BCUT2D eigenvalue weighted by molar-refractivity contribution is -0.187. The molecule has 3 atom stereocenters. The van der Waals surface area contributed by atoms with Gasteiger partial charge in [-0.25, -0.2) is 22.3 Å². The first-order chi connectivity index (χ1) is 24.9. The van der Waals surface area contributed by atoms with Crippen LogP contribution in [0, 0.1) is 5.92 Å². The van der Waals surface area contributed by atoms with Crippen LogP contribution in [0.1, 0.15) is 66.8 Å². The van der Waals surface area contributed by atoms with Gasteiger partial charge in [-0.3, -0.25) is 9.59 Å². The number of ether oxygens (including phenoxy) is 1. The molecular formula is C39H50N2O11S. The number of carbonyl (C=O) groups excluding carboxylic acids is 2. The van der Waals surface area contributed by atoms with E-state index < -0.39 is 55.9 Å². The Kier molecular flexibility index (Phi) is 15.0. The van der Waals surface area contributed by atoms with E-state index in [-0.39, 0.29) is 5.25 Å². The number of aliphatic hydroxyl groups is 2. The molecule has 4 rings (SSSR count). The van der Waals surface area contributed by atoms with Gasteiger partial charge in [-0.2, -0.15) is 0 Å². The van der Waals surface area contributed by atoms with E-state index in [9.17, 15) is 48.0 Å². The molecule has 53 heavy (non-hydrogen) atoms. The van der Waals surface area contributed by atoms with Crippen LogP contribution < -0.4 is 4.74 Å².